The van der Waals surface area contributed by atoms with Crippen LogP contribution in [-0.2, 0) is 0 Å². The van der Waals surface area contributed by atoms with E-state index >= 15 is 0 Å². The van der Waals surface area contributed by atoms with E-state index in [0.29, 0.717) is 17.5 Å². The average molecular weight is 252 g/mol. The highest BCUT2D eigenvalue weighted by Gasteiger charge is 2.05. The Morgan fingerprint density at radius 3 is 2.68 bits per heavy atom. The molecule has 0 bridgehead atoms. The fourth-order valence-corrected chi connectivity index (χ4v) is 1.87. The number of phenols is 1. The number of benzene rings is 2. The largest absolute Gasteiger partial charge is 0.508 e. The first-order valence-corrected chi connectivity index (χ1v) is 5.81. The van der Waals surface area contributed by atoms with Crippen LogP contribution in [0.2, 0.25) is 0 Å². The Hall–Kier alpha value is -2.82. The first-order chi connectivity index (χ1) is 9.22. The molecular weight excluding hydrogens is 240 g/mol. The fraction of sp³-hybridized carbons (Fsp3) is 0. The van der Waals surface area contributed by atoms with Crippen LogP contribution < -0.4 is 11.1 Å². The third-order valence-electron chi connectivity index (χ3n) is 2.74. The van der Waals surface area contributed by atoms with Crippen LogP contribution in [-0.4, -0.2) is 15.1 Å². The van der Waals surface area contributed by atoms with Gasteiger partial charge in [-0.15, -0.1) is 0 Å². The molecule has 0 radical (unpaired) electrons. The van der Waals surface area contributed by atoms with Crippen molar-refractivity contribution in [3.63, 3.8) is 0 Å². The second-order valence-corrected chi connectivity index (χ2v) is 4.12. The number of hydrogen-bond acceptors (Lipinski definition) is 5. The van der Waals surface area contributed by atoms with E-state index in [1.807, 2.05) is 30.3 Å². The summed E-state index contributed by atoms with van der Waals surface area (Å²) < 4.78 is 0. The fourth-order valence-electron chi connectivity index (χ4n) is 1.87. The van der Waals surface area contributed by atoms with Crippen molar-refractivity contribution in [2.45, 2.75) is 0 Å². The highest BCUT2D eigenvalue weighted by atomic mass is 16.3. The van der Waals surface area contributed by atoms with Gasteiger partial charge in [-0.05, 0) is 24.3 Å². The number of fused-ring (bicyclic) bond motifs is 1. The molecule has 19 heavy (non-hydrogen) atoms. The zero-order chi connectivity index (χ0) is 13.2. The summed E-state index contributed by atoms with van der Waals surface area (Å²) in [4.78, 5) is 8.58. The Morgan fingerprint density at radius 2 is 1.84 bits per heavy atom. The molecule has 2 aromatic carbocycles. The maximum absolute atomic E-state index is 9.41. The lowest BCUT2D eigenvalue weighted by atomic mass is 10.2. The number of nitrogens with zero attached hydrogens (tertiary/aromatic N) is 2. The maximum Gasteiger partial charge on any atom is 0.229 e. The number of rotatable bonds is 2. The Bertz CT molecular complexity index is 742. The predicted octanol–water partition coefficient (Wildman–Crippen LogP) is 2.66. The summed E-state index contributed by atoms with van der Waals surface area (Å²) in [7, 11) is 0. The molecule has 1 heterocycles. The maximum atomic E-state index is 9.41. The molecule has 0 aliphatic carbocycles. The van der Waals surface area contributed by atoms with Gasteiger partial charge in [0, 0.05) is 17.1 Å². The zero-order valence-corrected chi connectivity index (χ0v) is 10.0. The van der Waals surface area contributed by atoms with E-state index in [2.05, 4.69) is 15.3 Å². The lowest BCUT2D eigenvalue weighted by Gasteiger charge is -2.07. The van der Waals surface area contributed by atoms with Crippen LogP contribution in [0.5, 0.6) is 5.75 Å². The topological polar surface area (TPSA) is 84.1 Å². The minimum atomic E-state index is 0.179. The number of hydrogen-bond donors (Lipinski definition) is 3. The van der Waals surface area contributed by atoms with Gasteiger partial charge in [-0.3, -0.25) is 0 Å². The molecule has 1 aromatic heterocycles. The number of nitrogens with two attached hydrogens (primary N) is 1. The van der Waals surface area contributed by atoms with Crippen molar-refractivity contribution in [1.82, 2.24) is 9.97 Å². The van der Waals surface area contributed by atoms with Crippen LogP contribution in [0, 0.1) is 0 Å². The molecule has 0 amide bonds. The number of phenolic OH excluding ortho intramolecular Hbond substituents is 1. The van der Waals surface area contributed by atoms with E-state index < -0.39 is 0 Å². The SMILES string of the molecule is Nc1nc(Nc2cccc(O)c2)nc2ccccc12. The molecule has 5 heteroatoms. The molecule has 4 N–H and O–H groups in total. The van der Waals surface area contributed by atoms with Crippen LogP contribution in [0.3, 0.4) is 0 Å². The minimum absolute atomic E-state index is 0.179. The molecule has 0 fully saturated rings. The second-order valence-electron chi connectivity index (χ2n) is 4.12. The van der Waals surface area contributed by atoms with Gasteiger partial charge in [-0.25, -0.2) is 4.98 Å². The number of aromatic hydroxyl groups is 1. The van der Waals surface area contributed by atoms with E-state index in [1.165, 1.54) is 0 Å². The third kappa shape index (κ3) is 2.26. The van der Waals surface area contributed by atoms with E-state index in [9.17, 15) is 5.11 Å². The predicted molar refractivity (Wildman–Crippen MR) is 75.3 cm³/mol. The summed E-state index contributed by atoms with van der Waals surface area (Å²) in [5.74, 6) is 1.01. The lowest BCUT2D eigenvalue weighted by molar-refractivity contribution is 0.475. The number of nitrogen functional groups attached to an aromatic ring is 1. The Morgan fingerprint density at radius 1 is 1.00 bits per heavy atom. The summed E-state index contributed by atoms with van der Waals surface area (Å²) in [5, 5.41) is 13.3. The number of anilines is 3. The zero-order valence-electron chi connectivity index (χ0n) is 10.0. The van der Waals surface area contributed by atoms with E-state index in [-0.39, 0.29) is 5.75 Å². The Labute approximate surface area is 109 Å². The summed E-state index contributed by atoms with van der Waals surface area (Å²) in [6.45, 7) is 0. The van der Waals surface area contributed by atoms with Gasteiger partial charge in [0.05, 0.1) is 5.52 Å². The molecule has 0 atom stereocenters. The molecule has 0 unspecified atom stereocenters. The average Bonchev–Trinajstić information content (AvgIpc) is 2.39. The first kappa shape index (κ1) is 11.3. The van der Waals surface area contributed by atoms with Crippen LogP contribution in [0.4, 0.5) is 17.5 Å². The summed E-state index contributed by atoms with van der Waals surface area (Å²) in [6, 6.07) is 14.3. The van der Waals surface area contributed by atoms with Crippen LogP contribution in [0.15, 0.2) is 48.5 Å². The molecule has 0 saturated carbocycles. The van der Waals surface area contributed by atoms with E-state index in [1.54, 1.807) is 18.2 Å². The van der Waals surface area contributed by atoms with Crippen molar-refractivity contribution in [3.05, 3.63) is 48.5 Å². The van der Waals surface area contributed by atoms with Gasteiger partial charge in [0.1, 0.15) is 11.6 Å². The number of aromatic nitrogens is 2. The molecule has 0 aliphatic rings. The number of para-hydroxylation sites is 1. The van der Waals surface area contributed by atoms with Crippen molar-refractivity contribution in [2.75, 3.05) is 11.1 Å². The van der Waals surface area contributed by atoms with E-state index in [0.717, 1.165) is 10.9 Å². The van der Waals surface area contributed by atoms with Gasteiger partial charge >= 0.3 is 0 Å². The molecule has 0 saturated heterocycles. The third-order valence-corrected chi connectivity index (χ3v) is 2.74. The van der Waals surface area contributed by atoms with Gasteiger partial charge in [0.2, 0.25) is 5.95 Å². The molecule has 3 aromatic rings. The summed E-state index contributed by atoms with van der Waals surface area (Å²) in [5.41, 5.74) is 7.38. The smallest absolute Gasteiger partial charge is 0.229 e. The second kappa shape index (κ2) is 4.45. The molecule has 0 spiro atoms. The molecule has 0 aliphatic heterocycles. The van der Waals surface area contributed by atoms with Gasteiger partial charge in [-0.1, -0.05) is 18.2 Å². The normalized spacial score (nSPS) is 10.5. The van der Waals surface area contributed by atoms with Gasteiger partial charge in [0.15, 0.2) is 0 Å². The van der Waals surface area contributed by atoms with Gasteiger partial charge in [0.25, 0.3) is 0 Å². The monoisotopic (exact) mass is 252 g/mol. The van der Waals surface area contributed by atoms with Crippen LogP contribution in [0.1, 0.15) is 0 Å². The van der Waals surface area contributed by atoms with Gasteiger partial charge in [-0.2, -0.15) is 4.98 Å². The molecular formula is C14H12N4O. The minimum Gasteiger partial charge on any atom is -0.508 e. The van der Waals surface area contributed by atoms with Crippen LogP contribution >= 0.6 is 0 Å². The molecule has 3 rings (SSSR count). The first-order valence-electron chi connectivity index (χ1n) is 5.81. The van der Waals surface area contributed by atoms with Crippen molar-refractivity contribution < 1.29 is 5.11 Å². The van der Waals surface area contributed by atoms with Crippen molar-refractivity contribution in [1.29, 1.82) is 0 Å². The molecule has 94 valence electrons. The quantitative estimate of drug-likeness (QED) is 0.653. The Balaban J connectivity index is 2.02. The summed E-state index contributed by atoms with van der Waals surface area (Å²) in [6.07, 6.45) is 0. The van der Waals surface area contributed by atoms with Crippen molar-refractivity contribution in [3.8, 4) is 5.75 Å². The van der Waals surface area contributed by atoms with Crippen molar-refractivity contribution >= 4 is 28.4 Å². The lowest BCUT2D eigenvalue weighted by Crippen LogP contribution is -2.01. The molecule has 5 nitrogen and oxygen atoms in total. The Kier molecular flexibility index (Phi) is 2.64. The standard InChI is InChI=1S/C14H12N4O/c15-13-11-6-1-2-7-12(11)17-14(18-13)16-9-4-3-5-10(19)8-9/h1-8,19H,(H3,15,16,17,18). The highest BCUT2D eigenvalue weighted by Crippen LogP contribution is 2.22. The van der Waals surface area contributed by atoms with E-state index in [4.69, 9.17) is 5.73 Å². The highest BCUT2D eigenvalue weighted by molar-refractivity contribution is 5.89. The van der Waals surface area contributed by atoms with Crippen molar-refractivity contribution in [2.24, 2.45) is 0 Å². The van der Waals surface area contributed by atoms with Crippen LogP contribution in [0.25, 0.3) is 10.9 Å². The van der Waals surface area contributed by atoms with Gasteiger partial charge < -0.3 is 16.2 Å². The number of nitrogens with one attached hydrogen (secondary N) is 1. The summed E-state index contributed by atoms with van der Waals surface area (Å²) >= 11 is 0.